The molecule has 186 valence electrons. The third-order valence-electron chi connectivity index (χ3n) is 6.10. The molecule has 0 atom stereocenters. The van der Waals surface area contributed by atoms with E-state index < -0.39 is 24.5 Å². The van der Waals surface area contributed by atoms with Crippen LogP contribution in [0.25, 0.3) is 6.08 Å². The van der Waals surface area contributed by atoms with E-state index in [1.54, 1.807) is 0 Å². The number of fused-ring (bicyclic) bond motifs is 1. The molecule has 0 unspecified atom stereocenters. The van der Waals surface area contributed by atoms with Gasteiger partial charge in [0.15, 0.2) is 6.61 Å². The molecule has 0 bridgehead atoms. The molecule has 0 spiro atoms. The number of nitriles is 1. The van der Waals surface area contributed by atoms with Crippen LogP contribution in [0.1, 0.15) is 70.4 Å². The number of carbonyl (C=O) groups is 3. The van der Waals surface area contributed by atoms with Crippen LogP contribution in [0.2, 0.25) is 0 Å². The molecule has 0 radical (unpaired) electrons. The number of nitrogens with zero attached hydrogens (tertiary/aromatic N) is 2. The molecule has 8 nitrogen and oxygen atoms in total. The molecule has 2 aromatic heterocycles. The van der Waals surface area contributed by atoms with Gasteiger partial charge < -0.3 is 19.4 Å². The monoisotopic (exact) mass is 497 g/mol. The maximum Gasteiger partial charge on any atom is 0.349 e. The van der Waals surface area contributed by atoms with E-state index in [9.17, 15) is 19.6 Å². The molecular formula is C26H31N3O5S. The lowest BCUT2D eigenvalue weighted by Gasteiger charge is -2.08. The van der Waals surface area contributed by atoms with Gasteiger partial charge in [0.05, 0.1) is 12.7 Å². The number of aryl methyl sites for hydroxylation is 2. The van der Waals surface area contributed by atoms with Gasteiger partial charge >= 0.3 is 11.9 Å². The number of ether oxygens (including phenoxy) is 2. The van der Waals surface area contributed by atoms with Crippen LogP contribution in [0.5, 0.6) is 0 Å². The molecule has 1 amide bonds. The van der Waals surface area contributed by atoms with Crippen LogP contribution < -0.4 is 5.32 Å². The van der Waals surface area contributed by atoms with Gasteiger partial charge in [-0.25, -0.2) is 9.59 Å². The molecule has 0 aromatic carbocycles. The Kier molecular flexibility index (Phi) is 8.88. The van der Waals surface area contributed by atoms with Crippen LogP contribution in [0.15, 0.2) is 11.6 Å². The largest absolute Gasteiger partial charge is 0.465 e. The first kappa shape index (κ1) is 26.2. The minimum atomic E-state index is -0.877. The van der Waals surface area contributed by atoms with E-state index in [2.05, 4.69) is 16.8 Å². The molecule has 0 saturated heterocycles. The molecule has 2 heterocycles. The van der Waals surface area contributed by atoms with Crippen molar-refractivity contribution >= 4 is 40.3 Å². The fraction of sp³-hybridized carbons (Fsp3) is 0.462. The van der Waals surface area contributed by atoms with Gasteiger partial charge in [-0.2, -0.15) is 5.26 Å². The molecule has 3 rings (SSSR count). The number of esters is 2. The van der Waals surface area contributed by atoms with E-state index in [0.717, 1.165) is 72.5 Å². The summed E-state index contributed by atoms with van der Waals surface area (Å²) >= 11 is 1.36. The summed E-state index contributed by atoms with van der Waals surface area (Å²) in [5.74, 6) is -1.96. The molecule has 1 aliphatic rings. The Morgan fingerprint density at radius 3 is 2.66 bits per heavy atom. The molecular weight excluding hydrogens is 466 g/mol. The summed E-state index contributed by atoms with van der Waals surface area (Å²) in [6.07, 6.45) is 7.16. The van der Waals surface area contributed by atoms with Crippen LogP contribution >= 0.6 is 11.3 Å². The molecule has 2 aromatic rings. The number of hydrogen-bond acceptors (Lipinski definition) is 7. The zero-order valence-electron chi connectivity index (χ0n) is 20.7. The average molecular weight is 498 g/mol. The highest BCUT2D eigenvalue weighted by Gasteiger charge is 2.26. The van der Waals surface area contributed by atoms with Gasteiger partial charge in [0, 0.05) is 22.8 Å². The lowest BCUT2D eigenvalue weighted by molar-refractivity contribution is -0.142. The number of anilines is 1. The van der Waals surface area contributed by atoms with Crippen LogP contribution in [-0.2, 0) is 38.4 Å². The van der Waals surface area contributed by atoms with E-state index in [4.69, 9.17) is 9.47 Å². The summed E-state index contributed by atoms with van der Waals surface area (Å²) in [6, 6.07) is 3.78. The number of nitrogens with one attached hydrogen (secondary N) is 1. The van der Waals surface area contributed by atoms with Crippen molar-refractivity contribution < 1.29 is 23.9 Å². The van der Waals surface area contributed by atoms with Gasteiger partial charge in [-0.1, -0.05) is 13.3 Å². The fourth-order valence-electron chi connectivity index (χ4n) is 4.35. The van der Waals surface area contributed by atoms with Gasteiger partial charge in [-0.15, -0.1) is 11.3 Å². The molecule has 9 heteroatoms. The maximum absolute atomic E-state index is 12.6. The van der Waals surface area contributed by atoms with Crippen molar-refractivity contribution in [2.75, 3.05) is 19.0 Å². The number of methoxy groups -OCH3 is 1. The van der Waals surface area contributed by atoms with E-state index in [0.29, 0.717) is 10.6 Å². The minimum absolute atomic E-state index is 0.187. The van der Waals surface area contributed by atoms with Crippen molar-refractivity contribution in [3.05, 3.63) is 44.6 Å². The number of hydrogen-bond donors (Lipinski definition) is 1. The molecule has 0 aliphatic heterocycles. The standard InChI is InChI=1S/C26H31N3O5S/c1-5-11-29-16(2)12-18(17(29)3)13-19(14-27)25(31)34-15-22(30)28-24-23(26(32)33-4)20-9-7-6-8-10-21(20)35-24/h12-13H,5-11,15H2,1-4H3,(H,28,30)/b19-13+. The molecule has 0 saturated carbocycles. The zero-order valence-corrected chi connectivity index (χ0v) is 21.5. The highest BCUT2D eigenvalue weighted by molar-refractivity contribution is 7.17. The highest BCUT2D eigenvalue weighted by Crippen LogP contribution is 2.38. The smallest absolute Gasteiger partial charge is 0.349 e. The summed E-state index contributed by atoms with van der Waals surface area (Å²) < 4.78 is 12.2. The van der Waals surface area contributed by atoms with E-state index in [1.165, 1.54) is 24.5 Å². The first-order valence-electron chi connectivity index (χ1n) is 11.8. The van der Waals surface area contributed by atoms with Gasteiger partial charge in [0.25, 0.3) is 5.91 Å². The van der Waals surface area contributed by atoms with Crippen molar-refractivity contribution in [2.24, 2.45) is 0 Å². The first-order valence-corrected chi connectivity index (χ1v) is 12.6. The quantitative estimate of drug-likeness (QED) is 0.245. The number of rotatable bonds is 8. The fourth-order valence-corrected chi connectivity index (χ4v) is 5.65. The zero-order chi connectivity index (χ0) is 25.5. The highest BCUT2D eigenvalue weighted by atomic mass is 32.1. The van der Waals surface area contributed by atoms with Gasteiger partial charge in [0.1, 0.15) is 16.6 Å². The molecule has 1 aliphatic carbocycles. The summed E-state index contributed by atoms with van der Waals surface area (Å²) in [6.45, 7) is 6.26. The second kappa shape index (κ2) is 11.8. The van der Waals surface area contributed by atoms with Crippen LogP contribution in [0.3, 0.4) is 0 Å². The Hall–Kier alpha value is -3.38. The lowest BCUT2D eigenvalue weighted by atomic mass is 10.1. The number of thiophene rings is 1. The lowest BCUT2D eigenvalue weighted by Crippen LogP contribution is -2.22. The number of carbonyl (C=O) groups excluding carboxylic acids is 3. The predicted octanol–water partition coefficient (Wildman–Crippen LogP) is 4.72. The average Bonchev–Trinajstić information content (AvgIpc) is 3.19. The van der Waals surface area contributed by atoms with Crippen LogP contribution in [-0.4, -0.2) is 36.1 Å². The maximum atomic E-state index is 12.6. The summed E-state index contributed by atoms with van der Waals surface area (Å²) in [5, 5.41) is 12.6. The Morgan fingerprint density at radius 1 is 1.23 bits per heavy atom. The predicted molar refractivity (Wildman–Crippen MR) is 134 cm³/mol. The summed E-state index contributed by atoms with van der Waals surface area (Å²) in [4.78, 5) is 38.6. The van der Waals surface area contributed by atoms with Gasteiger partial charge in [-0.05, 0) is 69.2 Å². The Balaban J connectivity index is 1.70. The van der Waals surface area contributed by atoms with Crippen LogP contribution in [0, 0.1) is 25.2 Å². The minimum Gasteiger partial charge on any atom is -0.465 e. The van der Waals surface area contributed by atoms with Crippen molar-refractivity contribution in [1.29, 1.82) is 5.26 Å². The van der Waals surface area contributed by atoms with Crippen molar-refractivity contribution in [3.8, 4) is 6.07 Å². The van der Waals surface area contributed by atoms with Crippen molar-refractivity contribution in [1.82, 2.24) is 4.57 Å². The SMILES string of the molecule is CCCn1c(C)cc(/C=C(\C#N)C(=O)OCC(=O)Nc2sc3c(c2C(=O)OC)CCCCC3)c1C. The van der Waals surface area contributed by atoms with Gasteiger partial charge in [-0.3, -0.25) is 4.79 Å². The Morgan fingerprint density at radius 2 is 1.97 bits per heavy atom. The molecule has 0 fully saturated rings. The Labute approximate surface area is 209 Å². The third-order valence-corrected chi connectivity index (χ3v) is 7.31. The van der Waals surface area contributed by atoms with E-state index in [-0.39, 0.29) is 5.57 Å². The third kappa shape index (κ3) is 6.01. The number of amides is 1. The molecule has 35 heavy (non-hydrogen) atoms. The van der Waals surface area contributed by atoms with E-state index >= 15 is 0 Å². The van der Waals surface area contributed by atoms with Crippen molar-refractivity contribution in [2.45, 2.75) is 65.8 Å². The normalized spacial score (nSPS) is 13.4. The summed E-state index contributed by atoms with van der Waals surface area (Å²) in [5.41, 5.74) is 3.88. The van der Waals surface area contributed by atoms with E-state index in [1.807, 2.05) is 26.0 Å². The van der Waals surface area contributed by atoms with Crippen molar-refractivity contribution in [3.63, 3.8) is 0 Å². The topological polar surface area (TPSA) is 110 Å². The number of aromatic nitrogens is 1. The molecule has 1 N–H and O–H groups in total. The first-order chi connectivity index (χ1) is 16.8. The van der Waals surface area contributed by atoms with Crippen LogP contribution in [0.4, 0.5) is 5.00 Å². The Bertz CT molecular complexity index is 1200. The summed E-state index contributed by atoms with van der Waals surface area (Å²) in [7, 11) is 1.31. The second-order valence-corrected chi connectivity index (χ2v) is 9.64. The van der Waals surface area contributed by atoms with Gasteiger partial charge in [0.2, 0.25) is 0 Å². The second-order valence-electron chi connectivity index (χ2n) is 8.53.